The van der Waals surface area contributed by atoms with Crippen LogP contribution < -0.4 is 14.9 Å². The van der Waals surface area contributed by atoms with E-state index in [2.05, 4.69) is 10.5 Å². The molecule has 0 aliphatic carbocycles. The molecule has 0 aliphatic heterocycles. The number of carbonyl (C=O) groups is 1. The molecule has 24 heavy (non-hydrogen) atoms. The largest absolute Gasteiger partial charge is 0.493 e. The SMILES string of the molecule is COc1cccc(C=NNC(=O)c2ccccc2[N+](=O)[O-])c1OC. The predicted molar refractivity (Wildman–Crippen MR) is 87.7 cm³/mol. The van der Waals surface area contributed by atoms with Crippen LogP contribution in [-0.2, 0) is 0 Å². The number of nitro benzene ring substituents is 1. The molecule has 124 valence electrons. The summed E-state index contributed by atoms with van der Waals surface area (Å²) in [7, 11) is 3.00. The first kappa shape index (κ1) is 16.9. The van der Waals surface area contributed by atoms with E-state index in [4.69, 9.17) is 9.47 Å². The fourth-order valence-corrected chi connectivity index (χ4v) is 2.06. The molecule has 2 aromatic carbocycles. The molecule has 0 heterocycles. The van der Waals surface area contributed by atoms with E-state index in [1.54, 1.807) is 18.2 Å². The molecule has 1 amide bonds. The van der Waals surface area contributed by atoms with Gasteiger partial charge in [0.05, 0.1) is 25.4 Å². The van der Waals surface area contributed by atoms with Crippen molar-refractivity contribution in [2.45, 2.75) is 0 Å². The highest BCUT2D eigenvalue weighted by Crippen LogP contribution is 2.29. The number of hydrogen-bond donors (Lipinski definition) is 1. The van der Waals surface area contributed by atoms with Crippen LogP contribution in [0.3, 0.4) is 0 Å². The smallest absolute Gasteiger partial charge is 0.282 e. The average molecular weight is 329 g/mol. The highest BCUT2D eigenvalue weighted by Gasteiger charge is 2.18. The number of methoxy groups -OCH3 is 2. The van der Waals surface area contributed by atoms with Crippen molar-refractivity contribution in [1.29, 1.82) is 0 Å². The van der Waals surface area contributed by atoms with Gasteiger partial charge in [-0.25, -0.2) is 5.43 Å². The normalized spacial score (nSPS) is 10.4. The lowest BCUT2D eigenvalue weighted by atomic mass is 10.2. The molecule has 1 N–H and O–H groups in total. The maximum absolute atomic E-state index is 12.1. The first-order chi connectivity index (χ1) is 11.6. The third-order valence-corrected chi connectivity index (χ3v) is 3.15. The third kappa shape index (κ3) is 3.67. The van der Waals surface area contributed by atoms with Gasteiger partial charge in [0.1, 0.15) is 5.56 Å². The standard InChI is InChI=1S/C16H15N3O5/c1-23-14-9-5-6-11(15(14)24-2)10-17-18-16(20)12-7-3-4-8-13(12)19(21)22/h3-10H,1-2H3,(H,18,20). The van der Waals surface area contributed by atoms with E-state index < -0.39 is 10.8 Å². The number of hydrazone groups is 1. The van der Waals surface area contributed by atoms with Crippen molar-refractivity contribution in [3.05, 3.63) is 63.7 Å². The van der Waals surface area contributed by atoms with Crippen LogP contribution in [0.25, 0.3) is 0 Å². The first-order valence-electron chi connectivity index (χ1n) is 6.86. The van der Waals surface area contributed by atoms with Crippen molar-refractivity contribution in [3.8, 4) is 11.5 Å². The fourth-order valence-electron chi connectivity index (χ4n) is 2.06. The second-order valence-electron chi connectivity index (χ2n) is 4.56. The van der Waals surface area contributed by atoms with Crippen molar-refractivity contribution in [2.24, 2.45) is 5.10 Å². The van der Waals surface area contributed by atoms with Crippen LogP contribution in [0, 0.1) is 10.1 Å². The van der Waals surface area contributed by atoms with E-state index in [0.717, 1.165) is 0 Å². The average Bonchev–Trinajstić information content (AvgIpc) is 2.61. The Kier molecular flexibility index (Phi) is 5.45. The van der Waals surface area contributed by atoms with E-state index >= 15 is 0 Å². The molecule has 0 spiro atoms. The number of rotatable bonds is 6. The molecule has 0 saturated carbocycles. The monoisotopic (exact) mass is 329 g/mol. The van der Waals surface area contributed by atoms with Gasteiger partial charge in [0.25, 0.3) is 11.6 Å². The number of hydrogen-bond acceptors (Lipinski definition) is 6. The lowest BCUT2D eigenvalue weighted by Gasteiger charge is -2.09. The first-order valence-corrected chi connectivity index (χ1v) is 6.86. The third-order valence-electron chi connectivity index (χ3n) is 3.15. The minimum atomic E-state index is -0.680. The summed E-state index contributed by atoms with van der Waals surface area (Å²) in [6.07, 6.45) is 1.37. The van der Waals surface area contributed by atoms with E-state index in [-0.39, 0.29) is 11.3 Å². The van der Waals surface area contributed by atoms with Crippen LogP contribution in [0.1, 0.15) is 15.9 Å². The number of ether oxygens (including phenoxy) is 2. The van der Waals surface area contributed by atoms with Gasteiger partial charge >= 0.3 is 0 Å². The summed E-state index contributed by atoms with van der Waals surface area (Å²) in [5.74, 6) is 0.301. The van der Waals surface area contributed by atoms with Crippen molar-refractivity contribution < 1.29 is 19.2 Å². The molecule has 8 heteroatoms. The minimum absolute atomic E-state index is 0.0720. The van der Waals surface area contributed by atoms with Gasteiger partial charge in [-0.2, -0.15) is 5.10 Å². The summed E-state index contributed by atoms with van der Waals surface area (Å²) < 4.78 is 10.4. The Labute approximate surface area is 137 Å². The Morgan fingerprint density at radius 2 is 1.92 bits per heavy atom. The van der Waals surface area contributed by atoms with Gasteiger partial charge in [-0.05, 0) is 18.2 Å². The van der Waals surface area contributed by atoms with E-state index in [9.17, 15) is 14.9 Å². The molecule has 0 unspecified atom stereocenters. The molecule has 0 fully saturated rings. The van der Waals surface area contributed by atoms with Crippen molar-refractivity contribution in [1.82, 2.24) is 5.43 Å². The summed E-state index contributed by atoms with van der Waals surface area (Å²) in [6.45, 7) is 0. The number of benzene rings is 2. The number of amides is 1. The molecule has 0 aromatic heterocycles. The minimum Gasteiger partial charge on any atom is -0.493 e. The van der Waals surface area contributed by atoms with Gasteiger partial charge < -0.3 is 9.47 Å². The molecule has 0 atom stereocenters. The second-order valence-corrected chi connectivity index (χ2v) is 4.56. The Balaban J connectivity index is 2.18. The molecule has 0 radical (unpaired) electrons. The summed E-state index contributed by atoms with van der Waals surface area (Å²) in [5.41, 5.74) is 2.48. The predicted octanol–water partition coefficient (Wildman–Crippen LogP) is 2.38. The second kappa shape index (κ2) is 7.73. The van der Waals surface area contributed by atoms with Crippen LogP contribution in [0.15, 0.2) is 47.6 Å². The topological polar surface area (TPSA) is 103 Å². The number of para-hydroxylation sites is 2. The lowest BCUT2D eigenvalue weighted by molar-refractivity contribution is -0.385. The molecular formula is C16H15N3O5. The maximum atomic E-state index is 12.1. The van der Waals surface area contributed by atoms with E-state index in [0.29, 0.717) is 17.1 Å². The van der Waals surface area contributed by atoms with Crippen LogP contribution in [0.5, 0.6) is 11.5 Å². The summed E-state index contributed by atoms with van der Waals surface area (Å²) >= 11 is 0. The lowest BCUT2D eigenvalue weighted by Crippen LogP contribution is -2.19. The molecule has 2 aromatic rings. The van der Waals surface area contributed by atoms with Crippen LogP contribution >= 0.6 is 0 Å². The quantitative estimate of drug-likeness (QED) is 0.498. The zero-order chi connectivity index (χ0) is 17.5. The molecule has 0 aliphatic rings. The Morgan fingerprint density at radius 1 is 1.17 bits per heavy atom. The molecule has 2 rings (SSSR count). The fraction of sp³-hybridized carbons (Fsp3) is 0.125. The molecule has 0 saturated heterocycles. The zero-order valence-corrected chi connectivity index (χ0v) is 13.1. The molecule has 0 bridgehead atoms. The van der Waals surface area contributed by atoms with Crippen molar-refractivity contribution in [2.75, 3.05) is 14.2 Å². The highest BCUT2D eigenvalue weighted by atomic mass is 16.6. The van der Waals surface area contributed by atoms with Crippen molar-refractivity contribution >= 4 is 17.8 Å². The Hall–Kier alpha value is -3.42. The Morgan fingerprint density at radius 3 is 2.58 bits per heavy atom. The number of nitro groups is 1. The van der Waals surface area contributed by atoms with Gasteiger partial charge in [0, 0.05) is 11.6 Å². The summed E-state index contributed by atoms with van der Waals surface area (Å²) in [5, 5.41) is 14.8. The van der Waals surface area contributed by atoms with Gasteiger partial charge in [0.2, 0.25) is 0 Å². The van der Waals surface area contributed by atoms with Crippen LogP contribution in [0.4, 0.5) is 5.69 Å². The van der Waals surface area contributed by atoms with Gasteiger partial charge in [-0.1, -0.05) is 18.2 Å². The van der Waals surface area contributed by atoms with Gasteiger partial charge in [-0.15, -0.1) is 0 Å². The highest BCUT2D eigenvalue weighted by molar-refractivity contribution is 5.98. The maximum Gasteiger partial charge on any atom is 0.282 e. The van der Waals surface area contributed by atoms with Crippen LogP contribution in [-0.4, -0.2) is 31.3 Å². The van der Waals surface area contributed by atoms with E-state index in [1.165, 1.54) is 44.7 Å². The molecular weight excluding hydrogens is 314 g/mol. The summed E-state index contributed by atoms with van der Waals surface area (Å²) in [6, 6.07) is 10.8. The number of nitrogens with zero attached hydrogens (tertiary/aromatic N) is 2. The van der Waals surface area contributed by atoms with Crippen molar-refractivity contribution in [3.63, 3.8) is 0 Å². The van der Waals surface area contributed by atoms with Crippen LogP contribution in [0.2, 0.25) is 0 Å². The summed E-state index contributed by atoms with van der Waals surface area (Å²) in [4.78, 5) is 22.4. The zero-order valence-electron chi connectivity index (χ0n) is 13.1. The number of carbonyl (C=O) groups excluding carboxylic acids is 1. The Bertz CT molecular complexity index is 789. The molecule has 8 nitrogen and oxygen atoms in total. The van der Waals surface area contributed by atoms with Gasteiger partial charge in [-0.3, -0.25) is 14.9 Å². The number of nitrogens with one attached hydrogen (secondary N) is 1. The van der Waals surface area contributed by atoms with E-state index in [1.807, 2.05) is 0 Å². The van der Waals surface area contributed by atoms with Gasteiger partial charge in [0.15, 0.2) is 11.5 Å².